The molecule has 0 aliphatic heterocycles. The van der Waals surface area contributed by atoms with Gasteiger partial charge in [-0.25, -0.2) is 4.57 Å². The lowest BCUT2D eigenvalue weighted by Gasteiger charge is -2.18. The number of rotatable bonds is 40. The van der Waals surface area contributed by atoms with E-state index < -0.39 is 13.9 Å². The van der Waals surface area contributed by atoms with Gasteiger partial charge in [0.05, 0.1) is 13.2 Å². The maximum Gasteiger partial charge on any atom is 0.469 e. The van der Waals surface area contributed by atoms with Crippen molar-refractivity contribution in [2.24, 2.45) is 0 Å². The highest BCUT2D eigenvalue weighted by Crippen LogP contribution is 2.36. The molecule has 0 fully saturated rings. The zero-order valence-corrected chi connectivity index (χ0v) is 32.8. The Morgan fingerprint density at radius 3 is 1.12 bits per heavy atom. The summed E-state index contributed by atoms with van der Waals surface area (Å²) >= 11 is 0. The third-order valence-corrected chi connectivity index (χ3v) is 9.89. The van der Waals surface area contributed by atoms with E-state index in [-0.39, 0.29) is 19.2 Å². The van der Waals surface area contributed by atoms with Gasteiger partial charge in [-0.1, -0.05) is 206 Å². The highest BCUT2D eigenvalue weighted by atomic mass is 31.2. The lowest BCUT2D eigenvalue weighted by atomic mass is 10.0. The van der Waals surface area contributed by atoms with Crippen molar-refractivity contribution >= 4 is 13.8 Å². The second-order valence-electron chi connectivity index (χ2n) is 14.3. The second-order valence-corrected chi connectivity index (χ2v) is 15.6. The largest absolute Gasteiger partial charge is 0.469 e. The minimum Gasteiger partial charge on any atom is -0.457 e. The summed E-state index contributed by atoms with van der Waals surface area (Å²) in [5, 5.41) is 0. The molecule has 2 N–H and O–H groups in total. The summed E-state index contributed by atoms with van der Waals surface area (Å²) in [6, 6.07) is 0. The van der Waals surface area contributed by atoms with Crippen LogP contribution >= 0.6 is 7.82 Å². The Morgan fingerprint density at radius 1 is 0.479 bits per heavy atom. The molecule has 0 bridgehead atoms. The van der Waals surface area contributed by atoms with Crippen LogP contribution in [0.3, 0.4) is 0 Å². The van der Waals surface area contributed by atoms with Gasteiger partial charge in [0.25, 0.3) is 0 Å². The summed E-state index contributed by atoms with van der Waals surface area (Å²) in [5.74, 6) is -0.356. The first-order chi connectivity index (χ1) is 23.4. The van der Waals surface area contributed by atoms with Gasteiger partial charge < -0.3 is 19.3 Å². The fraction of sp³-hybridized carbons (Fsp3) is 0.975. The highest BCUT2D eigenvalue weighted by Gasteiger charge is 2.21. The Morgan fingerprint density at radius 2 is 0.792 bits per heavy atom. The molecule has 0 heterocycles. The lowest BCUT2D eigenvalue weighted by molar-refractivity contribution is -0.154. The standard InChI is InChI=1S/C40H81O7P/c1-3-5-7-9-11-13-15-17-18-19-20-21-22-23-24-25-27-29-31-33-35-40(41)47-39(38-46-48(42,43)44)37-45-36-34-32-30-28-26-16-14-12-10-8-6-4-2/h39H,3-38H2,1-2H3,(H2,42,43,44)/t39-/m1/s1. The first kappa shape index (κ1) is 47.5. The molecule has 0 radical (unpaired) electrons. The van der Waals surface area contributed by atoms with Crippen molar-refractivity contribution in [3.8, 4) is 0 Å². The van der Waals surface area contributed by atoms with Gasteiger partial charge in [0.15, 0.2) is 0 Å². The van der Waals surface area contributed by atoms with Crippen molar-refractivity contribution in [3.63, 3.8) is 0 Å². The van der Waals surface area contributed by atoms with Crippen molar-refractivity contribution in [1.82, 2.24) is 0 Å². The third-order valence-electron chi connectivity index (χ3n) is 9.41. The smallest absolute Gasteiger partial charge is 0.457 e. The topological polar surface area (TPSA) is 102 Å². The number of ether oxygens (including phenoxy) is 2. The summed E-state index contributed by atoms with van der Waals surface area (Å²) in [4.78, 5) is 30.6. The van der Waals surface area contributed by atoms with E-state index in [4.69, 9.17) is 19.3 Å². The molecular weight excluding hydrogens is 623 g/mol. The maximum absolute atomic E-state index is 12.4. The van der Waals surface area contributed by atoms with Crippen LogP contribution in [0.25, 0.3) is 0 Å². The molecule has 0 aliphatic carbocycles. The average molecular weight is 705 g/mol. The van der Waals surface area contributed by atoms with E-state index >= 15 is 0 Å². The molecular formula is C40H81O7P. The maximum atomic E-state index is 12.4. The molecule has 8 heteroatoms. The number of carbonyl (C=O) groups excluding carboxylic acids is 1. The second kappa shape index (κ2) is 37.8. The molecule has 48 heavy (non-hydrogen) atoms. The molecule has 0 saturated carbocycles. The van der Waals surface area contributed by atoms with E-state index in [9.17, 15) is 9.36 Å². The molecule has 1 atom stereocenters. The SMILES string of the molecule is CCCCCCCCCCCCCCCCCCCCCCC(=O)O[C@H](COCCCCCCCCCCCCCC)COP(=O)(O)O. The van der Waals surface area contributed by atoms with Crippen LogP contribution in [0.4, 0.5) is 0 Å². The number of unbranched alkanes of at least 4 members (excludes halogenated alkanes) is 30. The fourth-order valence-corrected chi connectivity index (χ4v) is 6.69. The van der Waals surface area contributed by atoms with Crippen molar-refractivity contribution in [2.45, 2.75) is 232 Å². The molecule has 7 nitrogen and oxygen atoms in total. The van der Waals surface area contributed by atoms with E-state index in [1.807, 2.05) is 0 Å². The number of esters is 1. The van der Waals surface area contributed by atoms with Gasteiger partial charge in [-0.15, -0.1) is 0 Å². The Hall–Kier alpha value is -0.460. The summed E-state index contributed by atoms with van der Waals surface area (Å²) in [6.07, 6.45) is 41.0. The normalized spacial score (nSPS) is 12.5. The van der Waals surface area contributed by atoms with E-state index in [0.717, 1.165) is 32.1 Å². The van der Waals surface area contributed by atoms with E-state index in [1.165, 1.54) is 173 Å². The molecule has 0 spiro atoms. The van der Waals surface area contributed by atoms with Crippen molar-refractivity contribution < 1.29 is 33.1 Å². The molecule has 0 saturated heterocycles. The lowest BCUT2D eigenvalue weighted by Crippen LogP contribution is -2.28. The first-order valence-corrected chi connectivity index (χ1v) is 22.4. The van der Waals surface area contributed by atoms with Crippen molar-refractivity contribution in [3.05, 3.63) is 0 Å². The van der Waals surface area contributed by atoms with Crippen molar-refractivity contribution in [1.29, 1.82) is 0 Å². The van der Waals surface area contributed by atoms with E-state index in [2.05, 4.69) is 18.4 Å². The average Bonchev–Trinajstić information content (AvgIpc) is 3.06. The van der Waals surface area contributed by atoms with Crippen LogP contribution in [-0.4, -0.2) is 41.7 Å². The molecule has 0 amide bonds. The van der Waals surface area contributed by atoms with Crippen LogP contribution in [0, 0.1) is 0 Å². The minimum absolute atomic E-state index is 0.0863. The summed E-state index contributed by atoms with van der Waals surface area (Å²) in [6.45, 7) is 4.79. The van der Waals surface area contributed by atoms with Crippen molar-refractivity contribution in [2.75, 3.05) is 19.8 Å². The number of hydrogen-bond acceptors (Lipinski definition) is 5. The van der Waals surface area contributed by atoms with Gasteiger partial charge in [-0.05, 0) is 12.8 Å². The molecule has 288 valence electrons. The number of phosphoric acid groups is 1. The van der Waals surface area contributed by atoms with Gasteiger partial charge >= 0.3 is 13.8 Å². The van der Waals surface area contributed by atoms with Crippen LogP contribution in [0.15, 0.2) is 0 Å². The molecule has 0 rings (SSSR count). The Balaban J connectivity index is 3.71. The number of phosphoric ester groups is 1. The summed E-state index contributed by atoms with van der Waals surface area (Å²) in [7, 11) is -4.64. The monoisotopic (exact) mass is 705 g/mol. The predicted molar refractivity (Wildman–Crippen MR) is 202 cm³/mol. The quantitative estimate of drug-likeness (QED) is 0.0372. The van der Waals surface area contributed by atoms with E-state index in [0.29, 0.717) is 13.0 Å². The van der Waals surface area contributed by atoms with Gasteiger partial charge in [0, 0.05) is 13.0 Å². The van der Waals surface area contributed by atoms with Gasteiger partial charge in [-0.2, -0.15) is 0 Å². The van der Waals surface area contributed by atoms with Crippen LogP contribution < -0.4 is 0 Å². The zero-order chi connectivity index (χ0) is 35.2. The van der Waals surface area contributed by atoms with Crippen LogP contribution in [-0.2, 0) is 23.4 Å². The summed E-state index contributed by atoms with van der Waals surface area (Å²) in [5.41, 5.74) is 0. The van der Waals surface area contributed by atoms with Gasteiger partial charge in [0.1, 0.15) is 6.10 Å². The molecule has 0 aliphatic rings. The third kappa shape index (κ3) is 40.0. The number of hydrogen-bond donors (Lipinski definition) is 2. The Labute approximate surface area is 298 Å². The highest BCUT2D eigenvalue weighted by molar-refractivity contribution is 7.46. The van der Waals surface area contributed by atoms with Gasteiger partial charge in [0.2, 0.25) is 0 Å². The number of carbonyl (C=O) groups is 1. The molecule has 0 aromatic carbocycles. The zero-order valence-electron chi connectivity index (χ0n) is 31.9. The van der Waals surface area contributed by atoms with E-state index in [1.54, 1.807) is 0 Å². The van der Waals surface area contributed by atoms with Crippen LogP contribution in [0.1, 0.15) is 226 Å². The molecule has 0 aromatic rings. The molecule has 0 aromatic heterocycles. The van der Waals surface area contributed by atoms with Crippen LogP contribution in [0.5, 0.6) is 0 Å². The van der Waals surface area contributed by atoms with Crippen LogP contribution in [0.2, 0.25) is 0 Å². The molecule has 0 unspecified atom stereocenters. The fourth-order valence-electron chi connectivity index (χ4n) is 6.33. The Bertz CT molecular complexity index is 699. The Kier molecular flexibility index (Phi) is 37.4. The summed E-state index contributed by atoms with van der Waals surface area (Å²) < 4.78 is 27.0. The first-order valence-electron chi connectivity index (χ1n) is 20.9. The van der Waals surface area contributed by atoms with Gasteiger partial charge in [-0.3, -0.25) is 9.32 Å². The minimum atomic E-state index is -4.64. The predicted octanol–water partition coefficient (Wildman–Crippen LogP) is 12.9.